The van der Waals surface area contributed by atoms with Crippen molar-refractivity contribution in [3.63, 3.8) is 0 Å². The summed E-state index contributed by atoms with van der Waals surface area (Å²) < 4.78 is 13.2. The molecule has 0 radical (unpaired) electrons. The highest BCUT2D eigenvalue weighted by Gasteiger charge is 2.20. The van der Waals surface area contributed by atoms with Crippen molar-refractivity contribution in [2.24, 2.45) is 0 Å². The predicted molar refractivity (Wildman–Crippen MR) is 90.7 cm³/mol. The molecule has 1 fully saturated rings. The second-order valence-electron chi connectivity index (χ2n) is 5.69. The monoisotopic (exact) mass is 324 g/mol. The van der Waals surface area contributed by atoms with E-state index in [1.807, 2.05) is 22.7 Å². The molecule has 3 nitrogen and oxygen atoms in total. The van der Waals surface area contributed by atoms with Crippen LogP contribution in [0.2, 0.25) is 0 Å². The first-order valence-electron chi connectivity index (χ1n) is 8.02. The summed E-state index contributed by atoms with van der Waals surface area (Å²) in [6, 6.07) is 6.93. The maximum atomic E-state index is 13.2. The van der Waals surface area contributed by atoms with E-state index in [2.05, 4.69) is 12.2 Å². The second kappa shape index (κ2) is 9.16. The smallest absolute Gasteiger partial charge is 0.224 e. The van der Waals surface area contributed by atoms with Crippen LogP contribution in [-0.4, -0.2) is 48.0 Å². The zero-order valence-electron chi connectivity index (χ0n) is 13.2. The van der Waals surface area contributed by atoms with Gasteiger partial charge in [-0.05, 0) is 30.5 Å². The molecule has 1 N–H and O–H groups in total. The molecule has 1 amide bonds. The van der Waals surface area contributed by atoms with Crippen molar-refractivity contribution >= 4 is 17.7 Å². The summed E-state index contributed by atoms with van der Waals surface area (Å²) in [5, 5.41) is 3.41. The molecule has 0 aliphatic carbocycles. The first kappa shape index (κ1) is 17.3. The number of hydrogen-bond donors (Lipinski definition) is 1. The fraction of sp³-hybridized carbons (Fsp3) is 0.588. The maximum Gasteiger partial charge on any atom is 0.224 e. The van der Waals surface area contributed by atoms with Crippen molar-refractivity contribution in [3.05, 3.63) is 35.6 Å². The van der Waals surface area contributed by atoms with Crippen LogP contribution in [0, 0.1) is 5.82 Å². The molecule has 1 aromatic carbocycles. The quantitative estimate of drug-likeness (QED) is 0.837. The Morgan fingerprint density at radius 2 is 2.32 bits per heavy atom. The highest BCUT2D eigenvalue weighted by atomic mass is 32.2. The SMILES string of the molecule is CCCN(CCc1cccc(F)c1)C(=O)CC1CSCCN1. The van der Waals surface area contributed by atoms with Crippen LogP contribution in [-0.2, 0) is 11.2 Å². The van der Waals surface area contributed by atoms with Crippen molar-refractivity contribution < 1.29 is 9.18 Å². The number of carbonyl (C=O) groups excluding carboxylic acids is 1. The van der Waals surface area contributed by atoms with Gasteiger partial charge in [-0.2, -0.15) is 11.8 Å². The molecule has 1 aromatic rings. The number of nitrogens with one attached hydrogen (secondary N) is 1. The second-order valence-corrected chi connectivity index (χ2v) is 6.84. The number of halogens is 1. The van der Waals surface area contributed by atoms with E-state index in [1.165, 1.54) is 6.07 Å². The lowest BCUT2D eigenvalue weighted by atomic mass is 10.1. The lowest BCUT2D eigenvalue weighted by Gasteiger charge is -2.27. The summed E-state index contributed by atoms with van der Waals surface area (Å²) in [5.41, 5.74) is 0.945. The van der Waals surface area contributed by atoms with Gasteiger partial charge in [0.2, 0.25) is 5.91 Å². The van der Waals surface area contributed by atoms with Gasteiger partial charge in [-0.15, -0.1) is 0 Å². The highest BCUT2D eigenvalue weighted by molar-refractivity contribution is 7.99. The molecule has 0 aromatic heterocycles. The van der Waals surface area contributed by atoms with E-state index in [0.717, 1.165) is 36.6 Å². The third kappa shape index (κ3) is 5.61. The van der Waals surface area contributed by atoms with Crippen molar-refractivity contribution in [3.8, 4) is 0 Å². The van der Waals surface area contributed by atoms with Gasteiger partial charge >= 0.3 is 0 Å². The number of thioether (sulfide) groups is 1. The first-order valence-corrected chi connectivity index (χ1v) is 9.18. The summed E-state index contributed by atoms with van der Waals surface area (Å²) in [7, 11) is 0. The van der Waals surface area contributed by atoms with Gasteiger partial charge in [0.15, 0.2) is 0 Å². The van der Waals surface area contributed by atoms with Gasteiger partial charge in [0, 0.05) is 43.6 Å². The van der Waals surface area contributed by atoms with Crippen LogP contribution in [0.1, 0.15) is 25.3 Å². The van der Waals surface area contributed by atoms with Gasteiger partial charge in [0.25, 0.3) is 0 Å². The molecule has 1 saturated heterocycles. The van der Waals surface area contributed by atoms with Gasteiger partial charge in [-0.1, -0.05) is 19.1 Å². The topological polar surface area (TPSA) is 32.3 Å². The molecule has 1 unspecified atom stereocenters. The Morgan fingerprint density at radius 3 is 3.00 bits per heavy atom. The Hall–Kier alpha value is -1.07. The Labute approximate surface area is 136 Å². The Morgan fingerprint density at radius 1 is 1.45 bits per heavy atom. The average Bonchev–Trinajstić information content (AvgIpc) is 2.52. The van der Waals surface area contributed by atoms with Crippen molar-refractivity contribution in [2.75, 3.05) is 31.1 Å². The Balaban J connectivity index is 1.86. The molecule has 1 heterocycles. The van der Waals surface area contributed by atoms with E-state index in [0.29, 0.717) is 25.4 Å². The number of rotatable bonds is 7. The number of amides is 1. The normalized spacial score (nSPS) is 18.2. The average molecular weight is 324 g/mol. The summed E-state index contributed by atoms with van der Waals surface area (Å²) in [6.07, 6.45) is 2.22. The first-order chi connectivity index (χ1) is 10.7. The zero-order valence-corrected chi connectivity index (χ0v) is 14.0. The Kier molecular flexibility index (Phi) is 7.19. The molecule has 22 heavy (non-hydrogen) atoms. The van der Waals surface area contributed by atoms with Gasteiger partial charge in [-0.3, -0.25) is 4.79 Å². The van der Waals surface area contributed by atoms with E-state index in [4.69, 9.17) is 0 Å². The molecule has 0 saturated carbocycles. The minimum Gasteiger partial charge on any atom is -0.342 e. The third-order valence-corrected chi connectivity index (χ3v) is 4.96. The van der Waals surface area contributed by atoms with Gasteiger partial charge in [0.05, 0.1) is 0 Å². The van der Waals surface area contributed by atoms with Crippen molar-refractivity contribution in [1.29, 1.82) is 0 Å². The van der Waals surface area contributed by atoms with Gasteiger partial charge in [-0.25, -0.2) is 4.39 Å². The van der Waals surface area contributed by atoms with Crippen molar-refractivity contribution in [1.82, 2.24) is 10.2 Å². The zero-order chi connectivity index (χ0) is 15.8. The largest absolute Gasteiger partial charge is 0.342 e. The lowest BCUT2D eigenvalue weighted by Crippen LogP contribution is -2.43. The molecule has 1 aliphatic heterocycles. The summed E-state index contributed by atoms with van der Waals surface area (Å²) in [4.78, 5) is 14.4. The van der Waals surface area contributed by atoms with Gasteiger partial charge in [0.1, 0.15) is 5.82 Å². The van der Waals surface area contributed by atoms with Crippen molar-refractivity contribution in [2.45, 2.75) is 32.2 Å². The molecule has 0 bridgehead atoms. The number of nitrogens with zero attached hydrogens (tertiary/aromatic N) is 1. The fourth-order valence-electron chi connectivity index (χ4n) is 2.68. The molecule has 2 rings (SSSR count). The minimum atomic E-state index is -0.214. The van der Waals surface area contributed by atoms with E-state index in [-0.39, 0.29) is 11.7 Å². The van der Waals surface area contributed by atoms with Crippen LogP contribution in [0.25, 0.3) is 0 Å². The van der Waals surface area contributed by atoms with Crippen LogP contribution in [0.4, 0.5) is 4.39 Å². The van der Waals surface area contributed by atoms with E-state index in [1.54, 1.807) is 12.1 Å². The minimum absolute atomic E-state index is 0.207. The summed E-state index contributed by atoms with van der Waals surface area (Å²) >= 11 is 1.91. The van der Waals surface area contributed by atoms with E-state index >= 15 is 0 Å². The molecule has 1 aliphatic rings. The molecule has 0 spiro atoms. The van der Waals surface area contributed by atoms with Crippen LogP contribution in [0.3, 0.4) is 0 Å². The predicted octanol–water partition coefficient (Wildman–Crippen LogP) is 2.70. The van der Waals surface area contributed by atoms with Crippen LogP contribution in [0.15, 0.2) is 24.3 Å². The van der Waals surface area contributed by atoms with Crippen LogP contribution >= 0.6 is 11.8 Å². The summed E-state index contributed by atoms with van der Waals surface area (Å²) in [5.74, 6) is 2.13. The molecule has 1 atom stereocenters. The highest BCUT2D eigenvalue weighted by Crippen LogP contribution is 2.12. The van der Waals surface area contributed by atoms with Crippen LogP contribution in [0.5, 0.6) is 0 Å². The number of hydrogen-bond acceptors (Lipinski definition) is 3. The lowest BCUT2D eigenvalue weighted by molar-refractivity contribution is -0.131. The van der Waals surface area contributed by atoms with Gasteiger partial charge < -0.3 is 10.2 Å². The number of benzene rings is 1. The van der Waals surface area contributed by atoms with E-state index in [9.17, 15) is 9.18 Å². The number of carbonyl (C=O) groups is 1. The molecule has 122 valence electrons. The summed E-state index contributed by atoms with van der Waals surface area (Å²) in [6.45, 7) is 4.50. The standard InChI is InChI=1S/C17H25FN2OS/c1-2-8-20(9-6-14-4-3-5-15(18)11-14)17(21)12-16-13-22-10-7-19-16/h3-5,11,16,19H,2,6-10,12-13H2,1H3. The Bertz CT molecular complexity index is 477. The molecular weight excluding hydrogens is 299 g/mol. The van der Waals surface area contributed by atoms with Crippen LogP contribution < -0.4 is 5.32 Å². The fourth-order valence-corrected chi connectivity index (χ4v) is 3.63. The van der Waals surface area contributed by atoms with E-state index < -0.39 is 0 Å². The maximum absolute atomic E-state index is 13.2. The third-order valence-electron chi connectivity index (χ3n) is 3.83. The molecule has 5 heteroatoms. The molecular formula is C17H25FN2OS.